The van der Waals surface area contributed by atoms with E-state index >= 15 is 0 Å². The average Bonchev–Trinajstić information content (AvgIpc) is 2.87. The Hall–Kier alpha value is -1.67. The van der Waals surface area contributed by atoms with Gasteiger partial charge in [-0.1, -0.05) is 0 Å². The summed E-state index contributed by atoms with van der Waals surface area (Å²) in [5.74, 6) is 0.466. The van der Waals surface area contributed by atoms with E-state index in [4.69, 9.17) is 17.0 Å². The van der Waals surface area contributed by atoms with Crippen LogP contribution < -0.4 is 4.74 Å². The second kappa shape index (κ2) is 4.17. The average molecular weight is 297 g/mol. The van der Waals surface area contributed by atoms with E-state index in [0.717, 1.165) is 5.52 Å². The highest BCUT2D eigenvalue weighted by atomic mass is 32.2. The molecule has 0 saturated heterocycles. The quantitative estimate of drug-likeness (QED) is 0.852. The van der Waals surface area contributed by atoms with E-state index in [9.17, 15) is 8.42 Å². The smallest absolute Gasteiger partial charge is 0.215 e. The van der Waals surface area contributed by atoms with Crippen molar-refractivity contribution in [3.63, 3.8) is 0 Å². The first-order chi connectivity index (χ1) is 9.00. The highest BCUT2D eigenvalue weighted by molar-refractivity contribution is 7.94. The highest BCUT2D eigenvalue weighted by Crippen LogP contribution is 2.26. The molecular formula is C11H11N3O3S2. The Morgan fingerprint density at radius 3 is 2.95 bits per heavy atom. The van der Waals surface area contributed by atoms with Gasteiger partial charge in [-0.25, -0.2) is 8.42 Å². The van der Waals surface area contributed by atoms with Gasteiger partial charge in [0.2, 0.25) is 5.88 Å². The summed E-state index contributed by atoms with van der Waals surface area (Å²) in [6, 6.07) is 3.20. The Morgan fingerprint density at radius 2 is 2.32 bits per heavy atom. The number of nitrogens with one attached hydrogen (secondary N) is 1. The van der Waals surface area contributed by atoms with Crippen LogP contribution in [0.15, 0.2) is 23.6 Å². The molecule has 8 heteroatoms. The Morgan fingerprint density at radius 1 is 1.53 bits per heavy atom. The van der Waals surface area contributed by atoms with E-state index in [-0.39, 0.29) is 11.8 Å². The Bertz CT molecular complexity index is 832. The minimum absolute atomic E-state index is 0.00709. The molecule has 19 heavy (non-hydrogen) atoms. The van der Waals surface area contributed by atoms with Gasteiger partial charge in [0.05, 0.1) is 24.4 Å². The number of rotatable bonds is 2. The molecule has 100 valence electrons. The number of hydrogen-bond acceptors (Lipinski definition) is 5. The molecule has 0 amide bonds. The van der Waals surface area contributed by atoms with Crippen LogP contribution in [0.3, 0.4) is 0 Å². The number of ether oxygens (including phenoxy) is 1. The van der Waals surface area contributed by atoms with Gasteiger partial charge in [0.25, 0.3) is 0 Å². The molecule has 1 aliphatic rings. The van der Waals surface area contributed by atoms with Gasteiger partial charge in [0.1, 0.15) is 0 Å². The largest absolute Gasteiger partial charge is 0.481 e. The summed E-state index contributed by atoms with van der Waals surface area (Å²) in [5, 5.41) is 1.22. The van der Waals surface area contributed by atoms with Gasteiger partial charge < -0.3 is 9.72 Å². The molecule has 0 fully saturated rings. The van der Waals surface area contributed by atoms with Crippen LogP contribution in [0.25, 0.3) is 11.2 Å². The van der Waals surface area contributed by atoms with Crippen LogP contribution in [-0.2, 0) is 9.84 Å². The number of pyridine rings is 1. The van der Waals surface area contributed by atoms with E-state index in [0.29, 0.717) is 16.3 Å². The number of allylic oxidation sites excluding steroid dienone is 1. The van der Waals surface area contributed by atoms with Crippen molar-refractivity contribution in [3.05, 3.63) is 28.4 Å². The molecule has 1 atom stereocenters. The lowest BCUT2D eigenvalue weighted by Crippen LogP contribution is -2.12. The number of fused-ring (bicyclic) bond motifs is 1. The third-order valence-electron chi connectivity index (χ3n) is 2.99. The minimum Gasteiger partial charge on any atom is -0.481 e. The van der Waals surface area contributed by atoms with Gasteiger partial charge in [-0.15, -0.1) is 0 Å². The molecule has 0 bridgehead atoms. The van der Waals surface area contributed by atoms with E-state index in [1.54, 1.807) is 22.8 Å². The number of nitrogens with zero attached hydrogens (tertiary/aromatic N) is 2. The maximum Gasteiger partial charge on any atom is 0.215 e. The molecule has 0 radical (unpaired) electrons. The van der Waals surface area contributed by atoms with E-state index in [1.165, 1.54) is 12.5 Å². The fourth-order valence-corrected chi connectivity index (χ4v) is 3.73. The first kappa shape index (κ1) is 12.4. The number of sulfone groups is 1. The summed E-state index contributed by atoms with van der Waals surface area (Å²) in [6.45, 7) is 0. The molecule has 0 spiro atoms. The van der Waals surface area contributed by atoms with Crippen LogP contribution in [0.2, 0.25) is 0 Å². The lowest BCUT2D eigenvalue weighted by molar-refractivity contribution is 0.399. The number of H-pyrrole nitrogens is 1. The van der Waals surface area contributed by atoms with Gasteiger partial charge in [-0.2, -0.15) is 4.98 Å². The van der Waals surface area contributed by atoms with E-state index in [2.05, 4.69) is 9.97 Å². The molecule has 1 N–H and O–H groups in total. The molecule has 3 rings (SSSR count). The first-order valence-corrected chi connectivity index (χ1v) is 7.69. The molecule has 1 aliphatic heterocycles. The van der Waals surface area contributed by atoms with Crippen molar-refractivity contribution in [2.45, 2.75) is 6.04 Å². The van der Waals surface area contributed by atoms with Crippen molar-refractivity contribution in [2.75, 3.05) is 12.9 Å². The van der Waals surface area contributed by atoms with Crippen LogP contribution in [0.4, 0.5) is 0 Å². The highest BCUT2D eigenvalue weighted by Gasteiger charge is 2.25. The normalized spacial score (nSPS) is 21.0. The molecule has 0 aliphatic carbocycles. The third-order valence-corrected chi connectivity index (χ3v) is 4.67. The number of aromatic amines is 1. The van der Waals surface area contributed by atoms with Gasteiger partial charge in [0, 0.05) is 11.5 Å². The van der Waals surface area contributed by atoms with Crippen LogP contribution in [0, 0.1) is 4.77 Å². The Balaban J connectivity index is 2.21. The third kappa shape index (κ3) is 2.06. The Labute approximate surface area is 114 Å². The number of hydrogen-bond donors (Lipinski definition) is 1. The summed E-state index contributed by atoms with van der Waals surface area (Å²) < 4.78 is 30.3. The number of methoxy groups -OCH3 is 1. The fourth-order valence-electron chi connectivity index (χ4n) is 2.13. The van der Waals surface area contributed by atoms with Crippen molar-refractivity contribution < 1.29 is 13.2 Å². The SMILES string of the molecule is COc1ccc2[nH]c(=S)n(C3C=CS(=O)(=O)C3)c2n1. The summed E-state index contributed by atoms with van der Waals surface area (Å²) in [6.07, 6.45) is 1.62. The molecule has 0 saturated carbocycles. The lowest BCUT2D eigenvalue weighted by Gasteiger charge is -2.09. The van der Waals surface area contributed by atoms with Crippen molar-refractivity contribution in [3.8, 4) is 5.88 Å². The van der Waals surface area contributed by atoms with Gasteiger partial charge in [0.15, 0.2) is 20.3 Å². The van der Waals surface area contributed by atoms with Crippen molar-refractivity contribution in [1.29, 1.82) is 0 Å². The summed E-state index contributed by atoms with van der Waals surface area (Å²) in [7, 11) is -1.62. The van der Waals surface area contributed by atoms with Gasteiger partial charge in [-0.3, -0.25) is 4.57 Å². The molecule has 2 aromatic heterocycles. The topological polar surface area (TPSA) is 77.0 Å². The maximum absolute atomic E-state index is 11.5. The molecule has 2 aromatic rings. The molecule has 0 aromatic carbocycles. The predicted octanol–water partition coefficient (Wildman–Crippen LogP) is 1.59. The Kier molecular flexibility index (Phi) is 2.72. The summed E-state index contributed by atoms with van der Waals surface area (Å²) in [5.41, 5.74) is 1.35. The first-order valence-electron chi connectivity index (χ1n) is 5.56. The van der Waals surface area contributed by atoms with Crippen LogP contribution >= 0.6 is 12.2 Å². The zero-order valence-corrected chi connectivity index (χ0v) is 11.7. The van der Waals surface area contributed by atoms with E-state index < -0.39 is 9.84 Å². The van der Waals surface area contributed by atoms with Crippen molar-refractivity contribution >= 4 is 33.2 Å². The van der Waals surface area contributed by atoms with E-state index in [1.807, 2.05) is 0 Å². The van der Waals surface area contributed by atoms with Crippen molar-refractivity contribution in [2.24, 2.45) is 0 Å². The second-order valence-electron chi connectivity index (χ2n) is 4.25. The monoisotopic (exact) mass is 297 g/mol. The van der Waals surface area contributed by atoms with Crippen LogP contribution in [0.5, 0.6) is 5.88 Å². The molecule has 3 heterocycles. The fraction of sp³-hybridized carbons (Fsp3) is 0.273. The van der Waals surface area contributed by atoms with Gasteiger partial charge >= 0.3 is 0 Å². The van der Waals surface area contributed by atoms with Gasteiger partial charge in [-0.05, 0) is 24.4 Å². The minimum atomic E-state index is -3.14. The summed E-state index contributed by atoms with van der Waals surface area (Å²) >= 11 is 5.24. The molecule has 6 nitrogen and oxygen atoms in total. The maximum atomic E-state index is 11.5. The summed E-state index contributed by atoms with van der Waals surface area (Å²) in [4.78, 5) is 7.33. The van der Waals surface area contributed by atoms with Crippen molar-refractivity contribution in [1.82, 2.24) is 14.5 Å². The molecular weight excluding hydrogens is 286 g/mol. The standard InChI is InChI=1S/C11H11N3O3S2/c1-17-9-3-2-8-10(13-9)14(11(18)12-8)7-4-5-19(15,16)6-7/h2-5,7H,6H2,1H3,(H,12,18). The van der Waals surface area contributed by atoms with Crippen LogP contribution in [-0.4, -0.2) is 35.8 Å². The zero-order chi connectivity index (χ0) is 13.6. The molecule has 1 unspecified atom stereocenters. The second-order valence-corrected chi connectivity index (χ2v) is 6.57. The number of aromatic nitrogens is 3. The van der Waals surface area contributed by atoms with Crippen LogP contribution in [0.1, 0.15) is 6.04 Å². The zero-order valence-electron chi connectivity index (χ0n) is 10.0. The predicted molar refractivity (Wildman–Crippen MR) is 73.4 cm³/mol. The number of imidazole rings is 1. The lowest BCUT2D eigenvalue weighted by atomic mass is 10.3.